The maximum Gasteiger partial charge on any atom is 0.336 e. The first-order chi connectivity index (χ1) is 14.7. The van der Waals surface area contributed by atoms with E-state index >= 15 is 0 Å². The minimum atomic E-state index is -0.930. The summed E-state index contributed by atoms with van der Waals surface area (Å²) in [5, 5.41) is 17.6. The second kappa shape index (κ2) is 9.69. The van der Waals surface area contributed by atoms with Crippen LogP contribution in [0.4, 0.5) is 17.2 Å². The molecule has 0 spiro atoms. The smallest absolute Gasteiger partial charge is 0.336 e. The number of hydrogen-bond donors (Lipinski definition) is 2. The van der Waals surface area contributed by atoms with E-state index in [4.69, 9.17) is 0 Å². The fourth-order valence-electron chi connectivity index (χ4n) is 3.77. The minimum absolute atomic E-state index is 0.292. The van der Waals surface area contributed by atoms with Crippen molar-refractivity contribution in [3.8, 4) is 11.1 Å². The number of carboxylic acids is 1. The van der Waals surface area contributed by atoms with Crippen LogP contribution >= 0.6 is 0 Å². The van der Waals surface area contributed by atoms with Crippen molar-refractivity contribution in [2.45, 2.75) is 27.7 Å². The van der Waals surface area contributed by atoms with Crippen LogP contribution in [0, 0.1) is 11.8 Å². The van der Waals surface area contributed by atoms with Crippen LogP contribution in [0.2, 0.25) is 0 Å². The van der Waals surface area contributed by atoms with E-state index in [0.717, 1.165) is 35.8 Å². The Bertz CT molecular complexity index is 1030. The molecule has 31 heavy (non-hydrogen) atoms. The highest BCUT2D eigenvalue weighted by molar-refractivity contribution is 5.97. The lowest BCUT2D eigenvalue weighted by atomic mass is 9.98. The van der Waals surface area contributed by atoms with E-state index in [-0.39, 0.29) is 0 Å². The third kappa shape index (κ3) is 5.66. The topological polar surface area (TPSA) is 70.4 Å². The number of nitrogens with one attached hydrogen (secondary N) is 1. The van der Waals surface area contributed by atoms with Crippen molar-refractivity contribution in [3.05, 3.63) is 60.3 Å². The Kier molecular flexibility index (Phi) is 7.00. The highest BCUT2D eigenvalue weighted by atomic mass is 16.4. The summed E-state index contributed by atoms with van der Waals surface area (Å²) in [6.45, 7) is 10.7. The largest absolute Gasteiger partial charge is 0.478 e. The van der Waals surface area contributed by atoms with E-state index in [1.54, 1.807) is 16.8 Å². The van der Waals surface area contributed by atoms with Gasteiger partial charge in [0.25, 0.3) is 0 Å². The van der Waals surface area contributed by atoms with Crippen LogP contribution in [0.1, 0.15) is 38.1 Å². The number of carboxylic acid groups (broad SMARTS) is 1. The number of hydrogen-bond acceptors (Lipinski definition) is 4. The molecule has 0 unspecified atom stereocenters. The molecule has 0 aliphatic carbocycles. The Morgan fingerprint density at radius 3 is 2.32 bits per heavy atom. The summed E-state index contributed by atoms with van der Waals surface area (Å²) in [7, 11) is 1.88. The Labute approximate surface area is 184 Å². The van der Waals surface area contributed by atoms with Crippen LogP contribution in [-0.4, -0.2) is 33.9 Å². The molecule has 0 aliphatic rings. The molecule has 2 aromatic carbocycles. The third-order valence-electron chi connectivity index (χ3n) is 4.95. The van der Waals surface area contributed by atoms with Gasteiger partial charge in [0, 0.05) is 32.4 Å². The molecular weight excluding hydrogens is 388 g/mol. The maximum absolute atomic E-state index is 11.8. The summed E-state index contributed by atoms with van der Waals surface area (Å²) < 4.78 is 1.76. The predicted molar refractivity (Wildman–Crippen MR) is 127 cm³/mol. The summed E-state index contributed by atoms with van der Waals surface area (Å²) in [6.07, 6.45) is 1.89. The summed E-state index contributed by atoms with van der Waals surface area (Å²) in [5.41, 5.74) is 3.85. The number of anilines is 3. The lowest BCUT2D eigenvalue weighted by molar-refractivity contribution is 0.0697. The second-order valence-electron chi connectivity index (χ2n) is 8.77. The lowest BCUT2D eigenvalue weighted by Crippen LogP contribution is -2.31. The van der Waals surface area contributed by atoms with Crippen LogP contribution in [0.3, 0.4) is 0 Å². The highest BCUT2D eigenvalue weighted by Crippen LogP contribution is 2.35. The van der Waals surface area contributed by atoms with Crippen molar-refractivity contribution in [1.29, 1.82) is 0 Å². The lowest BCUT2D eigenvalue weighted by Gasteiger charge is -2.31. The first-order valence-electron chi connectivity index (χ1n) is 10.7. The molecule has 164 valence electrons. The first kappa shape index (κ1) is 22.4. The fraction of sp³-hybridized carbons (Fsp3) is 0.360. The number of nitrogens with zero attached hydrogens (tertiary/aromatic N) is 3. The van der Waals surface area contributed by atoms with Gasteiger partial charge in [-0.05, 0) is 41.2 Å². The minimum Gasteiger partial charge on any atom is -0.478 e. The SMILES string of the molecule is CC(C)CN(CC(C)C)c1ccc(-c2ccccc2C(=O)O)cc1Nc1ccn(C)n1. The van der Waals surface area contributed by atoms with E-state index in [0.29, 0.717) is 23.0 Å². The number of benzene rings is 2. The first-order valence-corrected chi connectivity index (χ1v) is 10.7. The van der Waals surface area contributed by atoms with Gasteiger partial charge < -0.3 is 15.3 Å². The van der Waals surface area contributed by atoms with Crippen LogP contribution in [0.25, 0.3) is 11.1 Å². The molecule has 0 saturated heterocycles. The van der Waals surface area contributed by atoms with Gasteiger partial charge >= 0.3 is 5.97 Å². The monoisotopic (exact) mass is 420 g/mol. The van der Waals surface area contributed by atoms with E-state index in [9.17, 15) is 9.90 Å². The van der Waals surface area contributed by atoms with Gasteiger partial charge in [0.05, 0.1) is 16.9 Å². The Hall–Kier alpha value is -3.28. The Morgan fingerprint density at radius 2 is 1.74 bits per heavy atom. The van der Waals surface area contributed by atoms with Crippen molar-refractivity contribution in [2.24, 2.45) is 18.9 Å². The van der Waals surface area contributed by atoms with Crippen molar-refractivity contribution < 1.29 is 9.90 Å². The van der Waals surface area contributed by atoms with Crippen LogP contribution in [-0.2, 0) is 7.05 Å². The van der Waals surface area contributed by atoms with Gasteiger partial charge in [-0.1, -0.05) is 52.0 Å². The summed E-state index contributed by atoms with van der Waals surface area (Å²) in [5.74, 6) is 0.837. The van der Waals surface area contributed by atoms with Crippen LogP contribution < -0.4 is 10.2 Å². The van der Waals surface area contributed by atoms with E-state index in [1.165, 1.54) is 0 Å². The molecule has 0 atom stereocenters. The number of aromatic nitrogens is 2. The normalized spacial score (nSPS) is 11.2. The van der Waals surface area contributed by atoms with Gasteiger partial charge in [0.2, 0.25) is 0 Å². The molecular formula is C25H32N4O2. The predicted octanol–water partition coefficient (Wildman–Crippen LogP) is 5.65. The third-order valence-corrected chi connectivity index (χ3v) is 4.95. The molecule has 0 fully saturated rings. The zero-order valence-electron chi connectivity index (χ0n) is 19.0. The Morgan fingerprint density at radius 1 is 1.06 bits per heavy atom. The van der Waals surface area contributed by atoms with Gasteiger partial charge in [-0.2, -0.15) is 5.10 Å². The fourth-order valence-corrected chi connectivity index (χ4v) is 3.77. The van der Waals surface area contributed by atoms with Crippen molar-refractivity contribution >= 4 is 23.2 Å². The molecule has 3 aromatic rings. The number of carbonyl (C=O) groups is 1. The van der Waals surface area contributed by atoms with Gasteiger partial charge in [-0.25, -0.2) is 4.79 Å². The number of rotatable bonds is 9. The van der Waals surface area contributed by atoms with Crippen molar-refractivity contribution in [2.75, 3.05) is 23.3 Å². The van der Waals surface area contributed by atoms with Crippen molar-refractivity contribution in [1.82, 2.24) is 9.78 Å². The standard InChI is InChI=1S/C25H32N4O2/c1-17(2)15-29(16-18(3)4)23-11-10-19(20-8-6-7-9-21(20)25(30)31)14-22(23)26-24-12-13-28(5)27-24/h6-14,17-18H,15-16H2,1-5H3,(H,26,27)(H,30,31). The molecule has 6 heteroatoms. The molecule has 0 amide bonds. The molecule has 0 saturated carbocycles. The van der Waals surface area contributed by atoms with Crippen molar-refractivity contribution in [3.63, 3.8) is 0 Å². The van der Waals surface area contributed by atoms with Gasteiger partial charge in [0.1, 0.15) is 0 Å². The molecule has 0 bridgehead atoms. The average molecular weight is 421 g/mol. The van der Waals surface area contributed by atoms with Crippen LogP contribution in [0.15, 0.2) is 54.7 Å². The summed E-state index contributed by atoms with van der Waals surface area (Å²) in [6, 6.07) is 15.2. The van der Waals surface area contributed by atoms with Gasteiger partial charge in [-0.3, -0.25) is 4.68 Å². The molecule has 3 rings (SSSR count). The summed E-state index contributed by atoms with van der Waals surface area (Å²) >= 11 is 0. The number of aryl methyl sites for hydroxylation is 1. The van der Waals surface area contributed by atoms with Gasteiger partial charge in [0.15, 0.2) is 5.82 Å². The second-order valence-corrected chi connectivity index (χ2v) is 8.77. The molecule has 1 aromatic heterocycles. The zero-order valence-corrected chi connectivity index (χ0v) is 19.0. The average Bonchev–Trinajstić information content (AvgIpc) is 3.11. The van der Waals surface area contributed by atoms with E-state index in [2.05, 4.69) is 49.1 Å². The Balaban J connectivity index is 2.11. The molecule has 2 N–H and O–H groups in total. The van der Waals surface area contributed by atoms with E-state index in [1.807, 2.05) is 43.6 Å². The maximum atomic E-state index is 11.8. The summed E-state index contributed by atoms with van der Waals surface area (Å²) in [4.78, 5) is 14.2. The van der Waals surface area contributed by atoms with Gasteiger partial charge in [-0.15, -0.1) is 0 Å². The van der Waals surface area contributed by atoms with E-state index < -0.39 is 5.97 Å². The molecule has 6 nitrogen and oxygen atoms in total. The number of aromatic carboxylic acids is 1. The van der Waals surface area contributed by atoms with Crippen LogP contribution in [0.5, 0.6) is 0 Å². The highest BCUT2D eigenvalue weighted by Gasteiger charge is 2.18. The molecule has 1 heterocycles. The zero-order chi connectivity index (χ0) is 22.5. The molecule has 0 aliphatic heterocycles. The molecule has 0 radical (unpaired) electrons. The quantitative estimate of drug-likeness (QED) is 0.468.